The smallest absolute Gasteiger partial charge is 0.113 e. The van der Waals surface area contributed by atoms with Gasteiger partial charge in [-0.1, -0.05) is 177 Å². The Morgan fingerprint density at radius 1 is 0.328 bits per heavy atom. The zero-order chi connectivity index (χ0) is 44.6. The molecule has 316 valence electrons. The van der Waals surface area contributed by atoms with Crippen molar-refractivity contribution in [2.24, 2.45) is 0 Å². The zero-order valence-corrected chi connectivity index (χ0v) is 38.5. The number of benzene rings is 11. The third-order valence-corrected chi connectivity index (χ3v) is 17.9. The Morgan fingerprint density at radius 3 is 1.64 bits per heavy atom. The molecule has 0 N–H and O–H groups in total. The van der Waals surface area contributed by atoms with Gasteiger partial charge in [0.2, 0.25) is 0 Å². The SMILES string of the molecule is C[Si]1(C)c2ccccc2-c2c1ccc1cc3c4cc(-c5cccc(-c6ccc(N(c7ccc(-c8ccccc8)cc7)c7ccc8ccccc8c7)cc6)c5)ccc4n(-c4ccccc4)c3cc21. The van der Waals surface area contributed by atoms with Crippen LogP contribution in [0.1, 0.15) is 0 Å². The van der Waals surface area contributed by atoms with Gasteiger partial charge < -0.3 is 9.47 Å². The fourth-order valence-electron chi connectivity index (χ4n) is 11.0. The molecule has 1 aromatic heterocycles. The lowest BCUT2D eigenvalue weighted by Crippen LogP contribution is -2.49. The van der Waals surface area contributed by atoms with E-state index in [1.807, 2.05) is 0 Å². The van der Waals surface area contributed by atoms with Gasteiger partial charge in [-0.25, -0.2) is 0 Å². The molecule has 0 saturated heterocycles. The van der Waals surface area contributed by atoms with Crippen molar-refractivity contribution in [1.82, 2.24) is 4.57 Å². The monoisotopic (exact) mass is 870 g/mol. The summed E-state index contributed by atoms with van der Waals surface area (Å²) in [6.07, 6.45) is 0. The number of fused-ring (bicyclic) bond motifs is 9. The van der Waals surface area contributed by atoms with Crippen LogP contribution >= 0.6 is 0 Å². The Bertz CT molecular complexity index is 3870. The second-order valence-corrected chi connectivity index (χ2v) is 22.9. The topological polar surface area (TPSA) is 8.17 Å². The summed E-state index contributed by atoms with van der Waals surface area (Å²) in [5, 5.41) is 10.7. The van der Waals surface area contributed by atoms with Crippen LogP contribution in [0.3, 0.4) is 0 Å². The van der Waals surface area contributed by atoms with Gasteiger partial charge in [0, 0.05) is 33.5 Å². The van der Waals surface area contributed by atoms with E-state index in [0.29, 0.717) is 0 Å². The molecule has 0 radical (unpaired) electrons. The molecule has 1 aliphatic heterocycles. The molecule has 0 fully saturated rings. The van der Waals surface area contributed by atoms with Crippen molar-refractivity contribution in [3.8, 4) is 50.2 Å². The van der Waals surface area contributed by atoms with Crippen LogP contribution < -0.4 is 15.3 Å². The first-order chi connectivity index (χ1) is 33.0. The summed E-state index contributed by atoms with van der Waals surface area (Å²) in [7, 11) is -1.82. The quantitative estimate of drug-likeness (QED) is 0.145. The molecule has 2 nitrogen and oxygen atoms in total. The van der Waals surface area contributed by atoms with Gasteiger partial charge in [-0.05, 0) is 155 Å². The fourth-order valence-corrected chi connectivity index (χ4v) is 14.0. The molecular formula is C64H46N2Si. The van der Waals surface area contributed by atoms with E-state index in [9.17, 15) is 0 Å². The highest BCUT2D eigenvalue weighted by Gasteiger charge is 2.38. The molecule has 0 saturated carbocycles. The summed E-state index contributed by atoms with van der Waals surface area (Å²) in [4.78, 5) is 2.36. The molecule has 12 aromatic rings. The number of aromatic nitrogens is 1. The first-order valence-electron chi connectivity index (χ1n) is 23.3. The Labute approximate surface area is 392 Å². The molecule has 0 aliphatic carbocycles. The van der Waals surface area contributed by atoms with Crippen molar-refractivity contribution in [1.29, 1.82) is 0 Å². The molecule has 3 heteroatoms. The second kappa shape index (κ2) is 15.4. The van der Waals surface area contributed by atoms with Gasteiger partial charge in [0.1, 0.15) is 8.07 Å². The second-order valence-electron chi connectivity index (χ2n) is 18.6. The van der Waals surface area contributed by atoms with Crippen LogP contribution in [0.25, 0.3) is 93.5 Å². The number of rotatable bonds is 7. The number of nitrogens with zero attached hydrogens (tertiary/aromatic N) is 2. The van der Waals surface area contributed by atoms with E-state index in [1.54, 1.807) is 0 Å². The minimum atomic E-state index is -1.82. The summed E-state index contributed by atoms with van der Waals surface area (Å²) in [6.45, 7) is 5.01. The minimum absolute atomic E-state index is 1.11. The third-order valence-electron chi connectivity index (χ3n) is 14.3. The van der Waals surface area contributed by atoms with Crippen molar-refractivity contribution in [2.75, 3.05) is 4.90 Å². The molecule has 0 unspecified atom stereocenters. The van der Waals surface area contributed by atoms with E-state index in [4.69, 9.17) is 0 Å². The fraction of sp³-hybridized carbons (Fsp3) is 0.0312. The number of anilines is 3. The van der Waals surface area contributed by atoms with Gasteiger partial charge in [0.25, 0.3) is 0 Å². The van der Waals surface area contributed by atoms with Gasteiger partial charge in [0.05, 0.1) is 11.0 Å². The highest BCUT2D eigenvalue weighted by Crippen LogP contribution is 2.42. The predicted molar refractivity (Wildman–Crippen MR) is 289 cm³/mol. The van der Waals surface area contributed by atoms with E-state index < -0.39 is 8.07 Å². The van der Waals surface area contributed by atoms with Gasteiger partial charge >= 0.3 is 0 Å². The first-order valence-corrected chi connectivity index (χ1v) is 26.3. The van der Waals surface area contributed by atoms with Crippen LogP contribution in [0.4, 0.5) is 17.1 Å². The lowest BCUT2D eigenvalue weighted by molar-refractivity contribution is 1.18. The molecule has 0 spiro atoms. The largest absolute Gasteiger partial charge is 0.310 e. The summed E-state index contributed by atoms with van der Waals surface area (Å²) in [5.74, 6) is 0. The van der Waals surface area contributed by atoms with E-state index in [0.717, 1.165) is 17.1 Å². The summed E-state index contributed by atoms with van der Waals surface area (Å²) < 4.78 is 2.47. The Balaban J connectivity index is 0.893. The van der Waals surface area contributed by atoms with Crippen LogP contribution in [0.2, 0.25) is 13.1 Å². The van der Waals surface area contributed by atoms with Crippen molar-refractivity contribution in [3.63, 3.8) is 0 Å². The lowest BCUT2D eigenvalue weighted by Gasteiger charge is -2.26. The molecule has 0 atom stereocenters. The van der Waals surface area contributed by atoms with E-state index in [-0.39, 0.29) is 0 Å². The predicted octanol–water partition coefficient (Wildman–Crippen LogP) is 16.4. The standard InChI is InChI=1S/C64H46N2Si/c1-67(2)62-23-12-11-22-56(62)64-57-42-61-59(41-51(57)30-37-63(64)67)58-40-50(29-36-60(58)66(61)52-20-7-4-8-21-52)48-19-13-18-47(38-48)46-26-33-54(34-27-46)65(55-35-28-44-16-9-10-17-49(44)39-55)53-31-24-45(25-32-53)43-14-5-3-6-15-43/h3-42H,1-2H3. The maximum Gasteiger partial charge on any atom is 0.113 e. The molecular weight excluding hydrogens is 825 g/mol. The van der Waals surface area contributed by atoms with Crippen LogP contribution in [-0.2, 0) is 0 Å². The number of hydrogen-bond acceptors (Lipinski definition) is 1. The Hall–Kier alpha value is -8.24. The number of hydrogen-bond donors (Lipinski definition) is 0. The third kappa shape index (κ3) is 6.46. The molecule has 0 amide bonds. The van der Waals surface area contributed by atoms with Crippen LogP contribution in [0.15, 0.2) is 243 Å². The lowest BCUT2D eigenvalue weighted by atomic mass is 9.96. The molecule has 2 heterocycles. The average molecular weight is 871 g/mol. The normalized spacial score (nSPS) is 12.7. The molecule has 13 rings (SSSR count). The van der Waals surface area contributed by atoms with Gasteiger partial charge in [-0.2, -0.15) is 0 Å². The van der Waals surface area contributed by atoms with Crippen LogP contribution in [0, 0.1) is 0 Å². The Morgan fingerprint density at radius 2 is 0.881 bits per heavy atom. The maximum atomic E-state index is 2.50. The molecule has 1 aliphatic rings. The summed E-state index contributed by atoms with van der Waals surface area (Å²) in [5.41, 5.74) is 17.0. The van der Waals surface area contributed by atoms with Crippen molar-refractivity contribution < 1.29 is 0 Å². The van der Waals surface area contributed by atoms with E-state index >= 15 is 0 Å². The van der Waals surface area contributed by atoms with Gasteiger partial charge in [-0.3, -0.25) is 0 Å². The first kappa shape index (κ1) is 39.1. The van der Waals surface area contributed by atoms with E-state index in [2.05, 4.69) is 265 Å². The zero-order valence-electron chi connectivity index (χ0n) is 37.5. The van der Waals surface area contributed by atoms with E-state index in [1.165, 1.54) is 104 Å². The summed E-state index contributed by atoms with van der Waals surface area (Å²) in [6, 6.07) is 89.7. The molecule has 67 heavy (non-hydrogen) atoms. The maximum absolute atomic E-state index is 2.50. The Kier molecular flexibility index (Phi) is 9.02. The number of para-hydroxylation sites is 1. The van der Waals surface area contributed by atoms with Crippen molar-refractivity contribution >= 4 is 78.9 Å². The molecule has 0 bridgehead atoms. The molecule has 11 aromatic carbocycles. The van der Waals surface area contributed by atoms with Crippen LogP contribution in [0.5, 0.6) is 0 Å². The van der Waals surface area contributed by atoms with Crippen molar-refractivity contribution in [2.45, 2.75) is 13.1 Å². The summed E-state index contributed by atoms with van der Waals surface area (Å²) >= 11 is 0. The van der Waals surface area contributed by atoms with Gasteiger partial charge in [-0.15, -0.1) is 0 Å². The van der Waals surface area contributed by atoms with Crippen LogP contribution in [-0.4, -0.2) is 12.6 Å². The average Bonchev–Trinajstić information content (AvgIpc) is 3.83. The highest BCUT2D eigenvalue weighted by atomic mass is 28.3. The van der Waals surface area contributed by atoms with Crippen molar-refractivity contribution in [3.05, 3.63) is 243 Å². The highest BCUT2D eigenvalue weighted by molar-refractivity contribution is 7.04. The van der Waals surface area contributed by atoms with Gasteiger partial charge in [0.15, 0.2) is 0 Å². The minimum Gasteiger partial charge on any atom is -0.310 e.